The second kappa shape index (κ2) is 4.94. The zero-order valence-corrected chi connectivity index (χ0v) is 9.55. The third-order valence-corrected chi connectivity index (χ3v) is 2.45. The molecule has 5 nitrogen and oxygen atoms in total. The van der Waals surface area contributed by atoms with Crippen LogP contribution in [-0.4, -0.2) is 14.8 Å². The minimum atomic E-state index is 0.221. The first-order valence-corrected chi connectivity index (χ1v) is 5.41. The standard InChI is InChI=1S/C11H16N4O/c1-3-9(10-5-4-6-16-10)12-7-11-13-8-15(2)14-11/h4-6,8-9,12H,3,7H2,1-2H3. The van der Waals surface area contributed by atoms with Gasteiger partial charge in [-0.1, -0.05) is 6.92 Å². The summed E-state index contributed by atoms with van der Waals surface area (Å²) in [5, 5.41) is 7.58. The molecule has 0 saturated heterocycles. The van der Waals surface area contributed by atoms with E-state index < -0.39 is 0 Å². The molecular formula is C11H16N4O. The van der Waals surface area contributed by atoms with Crippen LogP contribution in [0, 0.1) is 0 Å². The van der Waals surface area contributed by atoms with Crippen molar-refractivity contribution in [3.8, 4) is 0 Å². The van der Waals surface area contributed by atoms with Gasteiger partial charge in [0.05, 0.1) is 18.8 Å². The monoisotopic (exact) mass is 220 g/mol. The second-order valence-corrected chi connectivity index (χ2v) is 3.69. The lowest BCUT2D eigenvalue weighted by Crippen LogP contribution is -2.20. The van der Waals surface area contributed by atoms with E-state index in [0.29, 0.717) is 6.54 Å². The van der Waals surface area contributed by atoms with Crippen LogP contribution in [0.1, 0.15) is 31.0 Å². The first kappa shape index (κ1) is 10.9. The van der Waals surface area contributed by atoms with E-state index in [4.69, 9.17) is 4.42 Å². The van der Waals surface area contributed by atoms with Gasteiger partial charge in [-0.2, -0.15) is 5.10 Å². The molecule has 1 atom stereocenters. The molecule has 0 amide bonds. The molecule has 5 heteroatoms. The number of aromatic nitrogens is 3. The van der Waals surface area contributed by atoms with Gasteiger partial charge in [-0.3, -0.25) is 4.68 Å². The first-order chi connectivity index (χ1) is 7.79. The van der Waals surface area contributed by atoms with Gasteiger partial charge in [-0.15, -0.1) is 0 Å². The number of nitrogens with zero attached hydrogens (tertiary/aromatic N) is 3. The van der Waals surface area contributed by atoms with Gasteiger partial charge < -0.3 is 9.73 Å². The summed E-state index contributed by atoms with van der Waals surface area (Å²) in [5.41, 5.74) is 0. The van der Waals surface area contributed by atoms with Crippen LogP contribution < -0.4 is 5.32 Å². The quantitative estimate of drug-likeness (QED) is 0.832. The first-order valence-electron chi connectivity index (χ1n) is 5.41. The van der Waals surface area contributed by atoms with Gasteiger partial charge in [0.25, 0.3) is 0 Å². The third kappa shape index (κ3) is 2.49. The highest BCUT2D eigenvalue weighted by Crippen LogP contribution is 2.16. The predicted octanol–water partition coefficient (Wildman–Crippen LogP) is 1.65. The predicted molar refractivity (Wildman–Crippen MR) is 59.6 cm³/mol. The molecule has 0 aliphatic heterocycles. The summed E-state index contributed by atoms with van der Waals surface area (Å²) in [6.07, 6.45) is 4.36. The molecule has 1 unspecified atom stereocenters. The molecule has 0 fully saturated rings. The Morgan fingerprint density at radius 2 is 2.44 bits per heavy atom. The molecule has 0 spiro atoms. The van der Waals surface area contributed by atoms with Gasteiger partial charge in [0, 0.05) is 7.05 Å². The van der Waals surface area contributed by atoms with E-state index in [1.807, 2.05) is 19.2 Å². The number of hydrogen-bond donors (Lipinski definition) is 1. The van der Waals surface area contributed by atoms with Crippen molar-refractivity contribution in [1.82, 2.24) is 20.1 Å². The van der Waals surface area contributed by atoms with Crippen LogP contribution in [-0.2, 0) is 13.6 Å². The van der Waals surface area contributed by atoms with Gasteiger partial charge in [0.2, 0.25) is 0 Å². The Morgan fingerprint density at radius 1 is 1.56 bits per heavy atom. The molecule has 2 aromatic rings. The van der Waals surface area contributed by atoms with Crippen molar-refractivity contribution in [2.24, 2.45) is 7.05 Å². The van der Waals surface area contributed by atoms with E-state index in [2.05, 4.69) is 22.3 Å². The van der Waals surface area contributed by atoms with Crippen molar-refractivity contribution < 1.29 is 4.42 Å². The average molecular weight is 220 g/mol. The normalized spacial score (nSPS) is 12.9. The number of rotatable bonds is 5. The SMILES string of the molecule is CCC(NCc1ncn(C)n1)c1ccco1. The number of hydrogen-bond acceptors (Lipinski definition) is 4. The molecule has 0 aliphatic carbocycles. The van der Waals surface area contributed by atoms with Gasteiger partial charge in [0.15, 0.2) is 5.82 Å². The smallest absolute Gasteiger partial charge is 0.164 e. The van der Waals surface area contributed by atoms with Crippen molar-refractivity contribution in [2.45, 2.75) is 25.9 Å². The van der Waals surface area contributed by atoms with Crippen molar-refractivity contribution in [1.29, 1.82) is 0 Å². The average Bonchev–Trinajstić information content (AvgIpc) is 2.91. The summed E-state index contributed by atoms with van der Waals surface area (Å²) >= 11 is 0. The van der Waals surface area contributed by atoms with E-state index in [0.717, 1.165) is 18.0 Å². The topological polar surface area (TPSA) is 55.9 Å². The summed E-state index contributed by atoms with van der Waals surface area (Å²) in [7, 11) is 1.86. The minimum Gasteiger partial charge on any atom is -0.468 e. The van der Waals surface area contributed by atoms with E-state index in [-0.39, 0.29) is 6.04 Å². The van der Waals surface area contributed by atoms with E-state index in [1.165, 1.54) is 0 Å². The Kier molecular flexibility index (Phi) is 3.36. The van der Waals surface area contributed by atoms with Gasteiger partial charge in [0.1, 0.15) is 12.1 Å². The van der Waals surface area contributed by atoms with Gasteiger partial charge in [-0.05, 0) is 18.6 Å². The molecule has 0 aliphatic rings. The zero-order valence-electron chi connectivity index (χ0n) is 9.55. The Bertz CT molecular complexity index is 421. The molecule has 0 radical (unpaired) electrons. The van der Waals surface area contributed by atoms with Crippen LogP contribution in [0.2, 0.25) is 0 Å². The van der Waals surface area contributed by atoms with Crippen LogP contribution in [0.5, 0.6) is 0 Å². The lowest BCUT2D eigenvalue weighted by molar-refractivity contribution is 0.400. The fourth-order valence-corrected chi connectivity index (χ4v) is 1.62. The maximum absolute atomic E-state index is 5.37. The van der Waals surface area contributed by atoms with Gasteiger partial charge in [-0.25, -0.2) is 4.98 Å². The van der Waals surface area contributed by atoms with Crippen molar-refractivity contribution in [2.75, 3.05) is 0 Å². The fraction of sp³-hybridized carbons (Fsp3) is 0.455. The highest BCUT2D eigenvalue weighted by molar-refractivity contribution is 5.04. The molecule has 0 saturated carbocycles. The fourth-order valence-electron chi connectivity index (χ4n) is 1.62. The van der Waals surface area contributed by atoms with E-state index >= 15 is 0 Å². The summed E-state index contributed by atoms with van der Waals surface area (Å²) in [6, 6.07) is 4.10. The van der Waals surface area contributed by atoms with Crippen LogP contribution in [0.15, 0.2) is 29.1 Å². The van der Waals surface area contributed by atoms with E-state index in [1.54, 1.807) is 17.3 Å². The Hall–Kier alpha value is -1.62. The third-order valence-electron chi connectivity index (χ3n) is 2.45. The largest absolute Gasteiger partial charge is 0.468 e. The molecule has 2 heterocycles. The Balaban J connectivity index is 1.93. The molecular weight excluding hydrogens is 204 g/mol. The van der Waals surface area contributed by atoms with Crippen molar-refractivity contribution >= 4 is 0 Å². The van der Waals surface area contributed by atoms with Crippen molar-refractivity contribution in [3.63, 3.8) is 0 Å². The maximum Gasteiger partial charge on any atom is 0.164 e. The molecule has 86 valence electrons. The molecule has 0 aromatic carbocycles. The summed E-state index contributed by atoms with van der Waals surface area (Å²) < 4.78 is 7.07. The van der Waals surface area contributed by atoms with Crippen LogP contribution in [0.3, 0.4) is 0 Å². The minimum absolute atomic E-state index is 0.221. The second-order valence-electron chi connectivity index (χ2n) is 3.69. The highest BCUT2D eigenvalue weighted by Gasteiger charge is 2.11. The number of aryl methyl sites for hydroxylation is 1. The zero-order chi connectivity index (χ0) is 11.4. The molecule has 16 heavy (non-hydrogen) atoms. The summed E-state index contributed by atoms with van der Waals surface area (Å²) in [6.45, 7) is 2.77. The highest BCUT2D eigenvalue weighted by atomic mass is 16.3. The molecule has 2 aromatic heterocycles. The lowest BCUT2D eigenvalue weighted by Gasteiger charge is -2.12. The molecule has 2 rings (SSSR count). The lowest BCUT2D eigenvalue weighted by atomic mass is 10.2. The number of furan rings is 1. The van der Waals surface area contributed by atoms with Crippen LogP contribution in [0.4, 0.5) is 0 Å². The Labute approximate surface area is 94.5 Å². The Morgan fingerprint density at radius 3 is 3.00 bits per heavy atom. The molecule has 1 N–H and O–H groups in total. The summed E-state index contributed by atoms with van der Waals surface area (Å²) in [5.74, 6) is 1.76. The number of nitrogens with one attached hydrogen (secondary N) is 1. The summed E-state index contributed by atoms with van der Waals surface area (Å²) in [4.78, 5) is 4.16. The molecule has 0 bridgehead atoms. The van der Waals surface area contributed by atoms with Gasteiger partial charge >= 0.3 is 0 Å². The maximum atomic E-state index is 5.37. The van der Waals surface area contributed by atoms with Crippen LogP contribution >= 0.6 is 0 Å². The van der Waals surface area contributed by atoms with E-state index in [9.17, 15) is 0 Å². The van der Waals surface area contributed by atoms with Crippen LogP contribution in [0.25, 0.3) is 0 Å². The van der Waals surface area contributed by atoms with Crippen molar-refractivity contribution in [3.05, 3.63) is 36.3 Å².